The lowest BCUT2D eigenvalue weighted by molar-refractivity contribution is 0.188. The van der Waals surface area contributed by atoms with Crippen LogP contribution in [-0.2, 0) is 0 Å². The van der Waals surface area contributed by atoms with E-state index in [0.717, 1.165) is 49.7 Å². The predicted octanol–water partition coefficient (Wildman–Crippen LogP) is 4.49. The van der Waals surface area contributed by atoms with Crippen LogP contribution in [0.1, 0.15) is 32.1 Å². The number of likely N-dealkylation sites (N-methyl/N-ethyl adjacent to an activating group) is 1. The summed E-state index contributed by atoms with van der Waals surface area (Å²) in [4.78, 5) is 18.7. The lowest BCUT2D eigenvalue weighted by Gasteiger charge is -2.34. The van der Waals surface area contributed by atoms with Gasteiger partial charge in [0.15, 0.2) is 5.82 Å². The summed E-state index contributed by atoms with van der Waals surface area (Å²) >= 11 is 0. The molecule has 2 aromatic heterocycles. The Morgan fingerprint density at radius 3 is 2.67 bits per heavy atom. The lowest BCUT2D eigenvalue weighted by atomic mass is 10.00. The zero-order chi connectivity index (χ0) is 27.0. The van der Waals surface area contributed by atoms with Crippen molar-refractivity contribution in [3.63, 3.8) is 0 Å². The standard InChI is InChI=1S/C31H33FN6O2/c1-37-17-31(8-9-31)12-21(37)16-40-30-35-28-25(29(36-30)38-14-19-6-7-20(15-38)34-19)13-33-27(26(28)32)24-11-22(39)10-18-4-2-3-5-23(18)24/h2-5,10-11,13,19-21,34,39H,6-9,12,14-17H2,1H3/t19?,20?,21-/m0/s1. The highest BCUT2D eigenvalue weighted by Crippen LogP contribution is 2.54. The molecular formula is C31H33FN6O2. The largest absolute Gasteiger partial charge is 0.508 e. The summed E-state index contributed by atoms with van der Waals surface area (Å²) in [6.45, 7) is 3.19. The van der Waals surface area contributed by atoms with Crippen LogP contribution in [0.5, 0.6) is 11.8 Å². The van der Waals surface area contributed by atoms with Crippen LogP contribution in [0.25, 0.3) is 32.9 Å². The van der Waals surface area contributed by atoms with Crippen LogP contribution >= 0.6 is 0 Å². The molecule has 1 saturated carbocycles. The maximum atomic E-state index is 16.5. The first kappa shape index (κ1) is 24.3. The molecule has 3 atom stereocenters. The molecule has 2 bridgehead atoms. The molecule has 40 heavy (non-hydrogen) atoms. The molecule has 8 rings (SSSR count). The number of nitrogens with one attached hydrogen (secondary N) is 1. The van der Waals surface area contributed by atoms with E-state index in [9.17, 15) is 5.11 Å². The Morgan fingerprint density at radius 2 is 1.90 bits per heavy atom. The Hall–Kier alpha value is -3.56. The Labute approximate surface area is 232 Å². The van der Waals surface area contributed by atoms with Crippen molar-refractivity contribution < 1.29 is 14.2 Å². The van der Waals surface area contributed by atoms with E-state index in [1.54, 1.807) is 18.3 Å². The van der Waals surface area contributed by atoms with Gasteiger partial charge in [-0.3, -0.25) is 9.88 Å². The minimum absolute atomic E-state index is 0.0628. The number of likely N-dealkylation sites (tertiary alicyclic amines) is 1. The van der Waals surface area contributed by atoms with Gasteiger partial charge in [0.1, 0.15) is 29.4 Å². The number of fused-ring (bicyclic) bond motifs is 4. The van der Waals surface area contributed by atoms with Gasteiger partial charge in [0.05, 0.1) is 5.39 Å². The van der Waals surface area contributed by atoms with Crippen molar-refractivity contribution in [1.82, 2.24) is 25.2 Å². The first-order chi connectivity index (χ1) is 19.4. The lowest BCUT2D eigenvalue weighted by Crippen LogP contribution is -2.51. The van der Waals surface area contributed by atoms with Gasteiger partial charge in [-0.1, -0.05) is 24.3 Å². The van der Waals surface area contributed by atoms with Crippen molar-refractivity contribution >= 4 is 27.5 Å². The summed E-state index contributed by atoms with van der Waals surface area (Å²) in [6.07, 6.45) is 7.64. The normalized spacial score (nSPS) is 25.4. The molecule has 2 N–H and O–H groups in total. The zero-order valence-corrected chi connectivity index (χ0v) is 22.6. The zero-order valence-electron chi connectivity index (χ0n) is 22.6. The third-order valence-electron chi connectivity index (χ3n) is 9.50. The number of ether oxygens (including phenoxy) is 1. The van der Waals surface area contributed by atoms with Crippen LogP contribution in [0, 0.1) is 11.2 Å². The molecule has 206 valence electrons. The van der Waals surface area contributed by atoms with Gasteiger partial charge in [-0.05, 0) is 67.5 Å². The van der Waals surface area contributed by atoms with Gasteiger partial charge < -0.3 is 20.1 Å². The van der Waals surface area contributed by atoms with E-state index in [4.69, 9.17) is 9.72 Å². The number of phenols is 1. The molecule has 9 heteroatoms. The van der Waals surface area contributed by atoms with Crippen LogP contribution in [-0.4, -0.2) is 76.4 Å². The average molecular weight is 541 g/mol. The van der Waals surface area contributed by atoms with E-state index in [1.165, 1.54) is 12.8 Å². The second-order valence-electron chi connectivity index (χ2n) is 12.4. The average Bonchev–Trinajstić information content (AvgIpc) is 3.51. The number of hydrogen-bond acceptors (Lipinski definition) is 8. The van der Waals surface area contributed by atoms with Crippen molar-refractivity contribution in [2.45, 2.75) is 50.2 Å². The number of anilines is 1. The van der Waals surface area contributed by atoms with E-state index in [0.29, 0.717) is 46.9 Å². The number of aromatic hydroxyl groups is 1. The van der Waals surface area contributed by atoms with E-state index >= 15 is 4.39 Å². The van der Waals surface area contributed by atoms with Crippen LogP contribution in [0.3, 0.4) is 0 Å². The van der Waals surface area contributed by atoms with Crippen molar-refractivity contribution in [2.24, 2.45) is 5.41 Å². The number of nitrogens with zero attached hydrogens (tertiary/aromatic N) is 5. The molecule has 4 aliphatic rings. The molecule has 2 aromatic carbocycles. The van der Waals surface area contributed by atoms with Gasteiger partial charge in [-0.25, -0.2) is 4.39 Å². The first-order valence-electron chi connectivity index (χ1n) is 14.4. The fourth-order valence-corrected chi connectivity index (χ4v) is 7.25. The highest BCUT2D eigenvalue weighted by Gasteiger charge is 2.50. The minimum atomic E-state index is -0.533. The smallest absolute Gasteiger partial charge is 0.319 e. The van der Waals surface area contributed by atoms with Gasteiger partial charge >= 0.3 is 6.01 Å². The molecule has 5 heterocycles. The number of benzene rings is 2. The molecule has 3 aliphatic heterocycles. The summed E-state index contributed by atoms with van der Waals surface area (Å²) in [7, 11) is 2.15. The number of phenolic OH excluding ortho intramolecular Hbond substituents is 1. The van der Waals surface area contributed by atoms with E-state index < -0.39 is 5.82 Å². The summed E-state index contributed by atoms with van der Waals surface area (Å²) < 4.78 is 22.7. The second-order valence-corrected chi connectivity index (χ2v) is 12.4. The third-order valence-corrected chi connectivity index (χ3v) is 9.50. The molecule has 1 aliphatic carbocycles. The van der Waals surface area contributed by atoms with Crippen LogP contribution in [0.15, 0.2) is 42.6 Å². The molecule has 3 saturated heterocycles. The topological polar surface area (TPSA) is 86.6 Å². The monoisotopic (exact) mass is 540 g/mol. The van der Waals surface area contributed by atoms with Gasteiger partial charge in [-0.2, -0.15) is 9.97 Å². The van der Waals surface area contributed by atoms with Crippen molar-refractivity contribution in [2.75, 3.05) is 38.2 Å². The number of rotatable bonds is 5. The maximum absolute atomic E-state index is 16.5. The summed E-state index contributed by atoms with van der Waals surface area (Å²) in [5.41, 5.74) is 1.35. The fraction of sp³-hybridized carbons (Fsp3) is 0.452. The van der Waals surface area contributed by atoms with Gasteiger partial charge in [0.25, 0.3) is 0 Å². The summed E-state index contributed by atoms with van der Waals surface area (Å²) in [5, 5.41) is 16.3. The van der Waals surface area contributed by atoms with E-state index in [2.05, 4.69) is 32.1 Å². The van der Waals surface area contributed by atoms with E-state index in [-0.39, 0.29) is 23.0 Å². The van der Waals surface area contributed by atoms with Gasteiger partial charge in [0, 0.05) is 49.5 Å². The van der Waals surface area contributed by atoms with Crippen molar-refractivity contribution in [1.29, 1.82) is 0 Å². The number of piperazine rings is 1. The molecule has 0 amide bonds. The molecular weight excluding hydrogens is 507 g/mol. The summed E-state index contributed by atoms with van der Waals surface area (Å²) in [6, 6.07) is 12.1. The Kier molecular flexibility index (Phi) is 5.44. The Bertz CT molecular complexity index is 1630. The molecule has 4 fully saturated rings. The van der Waals surface area contributed by atoms with E-state index in [1.807, 2.05) is 24.3 Å². The number of hydrogen-bond donors (Lipinski definition) is 2. The molecule has 0 radical (unpaired) electrons. The second kappa shape index (κ2) is 8.97. The first-order valence-corrected chi connectivity index (χ1v) is 14.4. The highest BCUT2D eigenvalue weighted by molar-refractivity contribution is 5.99. The highest BCUT2D eigenvalue weighted by atomic mass is 19.1. The maximum Gasteiger partial charge on any atom is 0.319 e. The summed E-state index contributed by atoms with van der Waals surface area (Å²) in [5.74, 6) is 0.207. The SMILES string of the molecule is CN1CC2(CC2)C[C@H]1COc1nc(N2CC3CCC(C2)N3)c2cnc(-c3cc(O)cc4ccccc34)c(F)c2n1. The number of halogens is 1. The van der Waals surface area contributed by atoms with Gasteiger partial charge in [0.2, 0.25) is 0 Å². The van der Waals surface area contributed by atoms with Crippen molar-refractivity contribution in [3.05, 3.63) is 48.4 Å². The molecule has 4 aromatic rings. The number of aromatic nitrogens is 3. The molecule has 2 unspecified atom stereocenters. The predicted molar refractivity (Wildman–Crippen MR) is 152 cm³/mol. The van der Waals surface area contributed by atoms with Gasteiger partial charge in [-0.15, -0.1) is 0 Å². The Morgan fingerprint density at radius 1 is 1.10 bits per heavy atom. The fourth-order valence-electron chi connectivity index (χ4n) is 7.25. The quantitative estimate of drug-likeness (QED) is 0.383. The van der Waals surface area contributed by atoms with Crippen molar-refractivity contribution in [3.8, 4) is 23.0 Å². The Balaban J connectivity index is 1.23. The third kappa shape index (κ3) is 4.06. The van der Waals surface area contributed by atoms with Crippen LogP contribution in [0.4, 0.5) is 10.2 Å². The number of pyridine rings is 1. The minimum Gasteiger partial charge on any atom is -0.508 e. The van der Waals surface area contributed by atoms with Crippen LogP contribution < -0.4 is 15.0 Å². The van der Waals surface area contributed by atoms with Crippen LogP contribution in [0.2, 0.25) is 0 Å². The molecule has 8 nitrogen and oxygen atoms in total. The molecule has 1 spiro atoms.